The van der Waals surface area contributed by atoms with Crippen molar-refractivity contribution in [3.63, 3.8) is 0 Å². The van der Waals surface area contributed by atoms with E-state index in [4.69, 9.17) is 5.73 Å². The molecule has 1 unspecified atom stereocenters. The highest BCUT2D eigenvalue weighted by Gasteiger charge is 2.26. The van der Waals surface area contributed by atoms with E-state index in [2.05, 4.69) is 27.7 Å². The molecule has 3 heteroatoms. The lowest BCUT2D eigenvalue weighted by atomic mass is 9.75. The Morgan fingerprint density at radius 2 is 1.62 bits per heavy atom. The first kappa shape index (κ1) is 15.4. The molecule has 0 bridgehead atoms. The fourth-order valence-electron chi connectivity index (χ4n) is 2.14. The number of carbonyl (C=O) groups excluding carboxylic acids is 1. The number of hydrogen-bond donors (Lipinski definition) is 2. The first-order valence-corrected chi connectivity index (χ1v) is 6.00. The summed E-state index contributed by atoms with van der Waals surface area (Å²) in [6.07, 6.45) is 2.90. The minimum Gasteiger partial charge on any atom is -0.393 e. The van der Waals surface area contributed by atoms with Gasteiger partial charge >= 0.3 is 0 Å². The third-order valence-corrected chi connectivity index (χ3v) is 2.98. The Labute approximate surface area is 99.4 Å². The standard InChI is InChI=1S/C13H27NO2/c1-10(15)8-12(2,3)6-7-13(4,5)9-11(14)16/h10,15H,6-9H2,1-5H3,(H2,14,16). The minimum absolute atomic E-state index is 0.0399. The van der Waals surface area contributed by atoms with Gasteiger partial charge in [-0.15, -0.1) is 0 Å². The van der Waals surface area contributed by atoms with Gasteiger partial charge in [-0.3, -0.25) is 4.79 Å². The largest absolute Gasteiger partial charge is 0.393 e. The van der Waals surface area contributed by atoms with Crippen molar-refractivity contribution in [2.75, 3.05) is 0 Å². The predicted molar refractivity (Wildman–Crippen MR) is 66.9 cm³/mol. The molecule has 0 fully saturated rings. The highest BCUT2D eigenvalue weighted by Crippen LogP contribution is 2.35. The zero-order valence-electron chi connectivity index (χ0n) is 11.3. The monoisotopic (exact) mass is 229 g/mol. The van der Waals surface area contributed by atoms with Gasteiger partial charge in [-0.25, -0.2) is 0 Å². The summed E-state index contributed by atoms with van der Waals surface area (Å²) in [6, 6.07) is 0. The molecule has 0 aromatic rings. The summed E-state index contributed by atoms with van der Waals surface area (Å²) >= 11 is 0. The Bertz CT molecular complexity index is 232. The van der Waals surface area contributed by atoms with E-state index in [0.717, 1.165) is 19.3 Å². The molecule has 0 aliphatic heterocycles. The normalized spacial score (nSPS) is 14.9. The van der Waals surface area contributed by atoms with Crippen molar-refractivity contribution in [3.8, 4) is 0 Å². The minimum atomic E-state index is -0.269. The Kier molecular flexibility index (Phi) is 5.47. The second kappa shape index (κ2) is 5.67. The van der Waals surface area contributed by atoms with Crippen LogP contribution in [0.5, 0.6) is 0 Å². The molecule has 0 saturated carbocycles. The number of aliphatic hydroxyl groups excluding tert-OH is 1. The highest BCUT2D eigenvalue weighted by atomic mass is 16.3. The summed E-state index contributed by atoms with van der Waals surface area (Å²) in [5, 5.41) is 9.39. The molecule has 16 heavy (non-hydrogen) atoms. The topological polar surface area (TPSA) is 63.3 Å². The van der Waals surface area contributed by atoms with E-state index in [9.17, 15) is 9.90 Å². The van der Waals surface area contributed by atoms with Crippen LogP contribution in [0.3, 0.4) is 0 Å². The number of primary amides is 1. The Balaban J connectivity index is 4.16. The molecule has 96 valence electrons. The van der Waals surface area contributed by atoms with E-state index in [1.54, 1.807) is 0 Å². The molecule has 0 radical (unpaired) electrons. The van der Waals surface area contributed by atoms with E-state index in [1.807, 2.05) is 6.92 Å². The Morgan fingerprint density at radius 3 is 2.00 bits per heavy atom. The van der Waals surface area contributed by atoms with Gasteiger partial charge in [-0.2, -0.15) is 0 Å². The average Bonchev–Trinajstić information content (AvgIpc) is 1.96. The zero-order valence-corrected chi connectivity index (χ0v) is 11.3. The quantitative estimate of drug-likeness (QED) is 0.704. The molecule has 0 aromatic carbocycles. The summed E-state index contributed by atoms with van der Waals surface area (Å²) in [4.78, 5) is 10.9. The lowest BCUT2D eigenvalue weighted by molar-refractivity contribution is -0.120. The molecule has 0 aliphatic carbocycles. The molecule has 0 aromatic heterocycles. The molecule has 0 rings (SSSR count). The van der Waals surface area contributed by atoms with Gasteiger partial charge in [0.1, 0.15) is 0 Å². The van der Waals surface area contributed by atoms with Gasteiger partial charge in [-0.05, 0) is 37.0 Å². The van der Waals surface area contributed by atoms with E-state index < -0.39 is 0 Å². The van der Waals surface area contributed by atoms with Crippen LogP contribution in [0.15, 0.2) is 0 Å². The fourth-order valence-corrected chi connectivity index (χ4v) is 2.14. The summed E-state index contributed by atoms with van der Waals surface area (Å²) < 4.78 is 0. The molecule has 1 amide bonds. The van der Waals surface area contributed by atoms with Gasteiger partial charge in [-0.1, -0.05) is 27.7 Å². The second-order valence-electron chi connectivity index (χ2n) is 6.52. The Morgan fingerprint density at radius 1 is 1.19 bits per heavy atom. The van der Waals surface area contributed by atoms with E-state index in [0.29, 0.717) is 6.42 Å². The number of amides is 1. The average molecular weight is 229 g/mol. The maximum absolute atomic E-state index is 10.9. The first-order valence-electron chi connectivity index (χ1n) is 6.00. The van der Waals surface area contributed by atoms with Crippen LogP contribution in [0.4, 0.5) is 0 Å². The van der Waals surface area contributed by atoms with E-state index >= 15 is 0 Å². The number of nitrogens with two attached hydrogens (primary N) is 1. The van der Waals surface area contributed by atoms with Gasteiger partial charge in [0.05, 0.1) is 6.10 Å². The highest BCUT2D eigenvalue weighted by molar-refractivity contribution is 5.74. The lowest BCUT2D eigenvalue weighted by Crippen LogP contribution is -2.26. The van der Waals surface area contributed by atoms with Gasteiger partial charge in [0.2, 0.25) is 5.91 Å². The van der Waals surface area contributed by atoms with Crippen molar-refractivity contribution >= 4 is 5.91 Å². The van der Waals surface area contributed by atoms with E-state index in [1.165, 1.54) is 0 Å². The van der Waals surface area contributed by atoms with Crippen LogP contribution < -0.4 is 5.73 Å². The van der Waals surface area contributed by atoms with Crippen molar-refractivity contribution in [3.05, 3.63) is 0 Å². The maximum Gasteiger partial charge on any atom is 0.217 e. The molecule has 0 heterocycles. The molecule has 0 saturated heterocycles. The molecule has 3 nitrogen and oxygen atoms in total. The third-order valence-electron chi connectivity index (χ3n) is 2.98. The van der Waals surface area contributed by atoms with Gasteiger partial charge < -0.3 is 10.8 Å². The summed E-state index contributed by atoms with van der Waals surface area (Å²) in [5.74, 6) is -0.238. The molecule has 1 atom stereocenters. The smallest absolute Gasteiger partial charge is 0.217 e. The van der Waals surface area contributed by atoms with Gasteiger partial charge in [0.25, 0.3) is 0 Å². The van der Waals surface area contributed by atoms with Crippen LogP contribution in [-0.4, -0.2) is 17.1 Å². The number of hydrogen-bond acceptors (Lipinski definition) is 2. The van der Waals surface area contributed by atoms with Crippen molar-refractivity contribution in [2.24, 2.45) is 16.6 Å². The predicted octanol–water partition coefficient (Wildman–Crippen LogP) is 2.47. The first-order chi connectivity index (χ1) is 7.04. The van der Waals surface area contributed by atoms with E-state index in [-0.39, 0.29) is 22.8 Å². The van der Waals surface area contributed by atoms with Gasteiger partial charge in [0, 0.05) is 6.42 Å². The SMILES string of the molecule is CC(O)CC(C)(C)CCC(C)(C)CC(N)=O. The van der Waals surface area contributed by atoms with Crippen LogP contribution in [0.2, 0.25) is 0 Å². The maximum atomic E-state index is 10.9. The van der Waals surface area contributed by atoms with Crippen LogP contribution >= 0.6 is 0 Å². The molecule has 0 spiro atoms. The van der Waals surface area contributed by atoms with Crippen molar-refractivity contribution in [2.45, 2.75) is 66.4 Å². The summed E-state index contributed by atoms with van der Waals surface area (Å²) in [7, 11) is 0. The van der Waals surface area contributed by atoms with Gasteiger partial charge in [0.15, 0.2) is 0 Å². The molecular formula is C13H27NO2. The van der Waals surface area contributed by atoms with Crippen molar-refractivity contribution < 1.29 is 9.90 Å². The van der Waals surface area contributed by atoms with Crippen molar-refractivity contribution in [1.82, 2.24) is 0 Å². The molecule has 3 N–H and O–H groups in total. The summed E-state index contributed by atoms with van der Waals surface area (Å²) in [5.41, 5.74) is 5.29. The zero-order chi connectivity index (χ0) is 13.0. The summed E-state index contributed by atoms with van der Waals surface area (Å²) in [6.45, 7) is 10.3. The number of aliphatic hydroxyl groups is 1. The molecule has 0 aliphatic rings. The van der Waals surface area contributed by atoms with Crippen molar-refractivity contribution in [1.29, 1.82) is 0 Å². The Hall–Kier alpha value is -0.570. The number of carbonyl (C=O) groups is 1. The third kappa shape index (κ3) is 7.69. The van der Waals surface area contributed by atoms with Crippen LogP contribution in [0.25, 0.3) is 0 Å². The van der Waals surface area contributed by atoms with Crippen LogP contribution in [0, 0.1) is 10.8 Å². The molecular weight excluding hydrogens is 202 g/mol. The fraction of sp³-hybridized carbons (Fsp3) is 0.923. The second-order valence-corrected chi connectivity index (χ2v) is 6.52. The van der Waals surface area contributed by atoms with Crippen LogP contribution in [-0.2, 0) is 4.79 Å². The lowest BCUT2D eigenvalue weighted by Gasteiger charge is -2.31. The van der Waals surface area contributed by atoms with Crippen LogP contribution in [0.1, 0.15) is 60.3 Å². The number of rotatable bonds is 7.